The molecule has 0 aromatic heterocycles. The number of hydrogen-bond donors (Lipinski definition) is 0. The Bertz CT molecular complexity index is 615. The van der Waals surface area contributed by atoms with Gasteiger partial charge in [0, 0.05) is 6.42 Å². The van der Waals surface area contributed by atoms with Crippen LogP contribution in [0.25, 0.3) is 0 Å². The van der Waals surface area contributed by atoms with Gasteiger partial charge in [-0.3, -0.25) is 4.79 Å². The highest BCUT2D eigenvalue weighted by atomic mass is 19.1. The van der Waals surface area contributed by atoms with Crippen LogP contribution in [0.2, 0.25) is 0 Å². The molecule has 2 rings (SSSR count). The van der Waals surface area contributed by atoms with Crippen molar-refractivity contribution in [3.63, 3.8) is 0 Å². The quantitative estimate of drug-likeness (QED) is 0.770. The Kier molecular flexibility index (Phi) is 3.69. The van der Waals surface area contributed by atoms with Gasteiger partial charge in [-0.1, -0.05) is 12.1 Å². The summed E-state index contributed by atoms with van der Waals surface area (Å²) in [5.74, 6) is -2.84. The molecular weight excluding hydrogens is 253 g/mol. The number of halogens is 3. The number of carbonyl (C=O) groups is 1. The van der Waals surface area contributed by atoms with E-state index in [1.165, 1.54) is 24.3 Å². The van der Waals surface area contributed by atoms with Crippen LogP contribution >= 0.6 is 0 Å². The van der Waals surface area contributed by atoms with Gasteiger partial charge in [0.2, 0.25) is 0 Å². The zero-order valence-electron chi connectivity index (χ0n) is 10.2. The molecule has 0 unspecified atom stereocenters. The number of Topliss-reactive ketones (excluding diaryl/α,β-unsaturated/α-hetero) is 1. The average Bonchev–Trinajstić information content (AvgIpc) is 2.32. The summed E-state index contributed by atoms with van der Waals surface area (Å²) in [4.78, 5) is 11.9. The zero-order valence-corrected chi connectivity index (χ0v) is 10.2. The number of ketones is 1. The molecule has 4 heteroatoms. The predicted molar refractivity (Wildman–Crippen MR) is 65.5 cm³/mol. The molecule has 0 saturated carbocycles. The summed E-state index contributed by atoms with van der Waals surface area (Å²) in [6.07, 6.45) is -0.163. The van der Waals surface area contributed by atoms with Gasteiger partial charge < -0.3 is 0 Å². The maximum Gasteiger partial charge on any atom is 0.173 e. The maximum absolute atomic E-state index is 13.4. The molecule has 2 aromatic rings. The van der Waals surface area contributed by atoms with E-state index in [1.54, 1.807) is 6.92 Å². The molecule has 0 atom stereocenters. The Morgan fingerprint density at radius 2 is 1.68 bits per heavy atom. The molecule has 98 valence electrons. The van der Waals surface area contributed by atoms with Crippen molar-refractivity contribution in [2.75, 3.05) is 0 Å². The highest BCUT2D eigenvalue weighted by Crippen LogP contribution is 2.17. The van der Waals surface area contributed by atoms with Gasteiger partial charge in [-0.15, -0.1) is 0 Å². The first-order valence-corrected chi connectivity index (χ1v) is 5.71. The van der Waals surface area contributed by atoms with Gasteiger partial charge >= 0.3 is 0 Å². The Labute approximate surface area is 108 Å². The van der Waals surface area contributed by atoms with E-state index in [0.29, 0.717) is 11.1 Å². The fourth-order valence-corrected chi connectivity index (χ4v) is 1.88. The Morgan fingerprint density at radius 3 is 2.26 bits per heavy atom. The maximum atomic E-state index is 13.4. The Balaban J connectivity index is 2.31. The van der Waals surface area contributed by atoms with Crippen LogP contribution in [0.5, 0.6) is 0 Å². The molecule has 0 heterocycles. The lowest BCUT2D eigenvalue weighted by Crippen LogP contribution is -2.10. The van der Waals surface area contributed by atoms with Gasteiger partial charge in [0.1, 0.15) is 17.5 Å². The van der Waals surface area contributed by atoms with Crippen LogP contribution < -0.4 is 0 Å². The van der Waals surface area contributed by atoms with Crippen LogP contribution in [0.3, 0.4) is 0 Å². The summed E-state index contributed by atoms with van der Waals surface area (Å²) in [5, 5.41) is 0. The SMILES string of the molecule is Cc1cc(F)ccc1CC(=O)c1c(F)cccc1F. The van der Waals surface area contributed by atoms with Crippen molar-refractivity contribution in [2.24, 2.45) is 0 Å². The van der Waals surface area contributed by atoms with E-state index < -0.39 is 28.8 Å². The summed E-state index contributed by atoms with van der Waals surface area (Å²) in [7, 11) is 0. The van der Waals surface area contributed by atoms with Crippen molar-refractivity contribution in [1.29, 1.82) is 0 Å². The van der Waals surface area contributed by atoms with E-state index in [1.807, 2.05) is 0 Å². The third-order valence-corrected chi connectivity index (χ3v) is 2.90. The predicted octanol–water partition coefficient (Wildman–Crippen LogP) is 3.84. The second-order valence-electron chi connectivity index (χ2n) is 4.27. The lowest BCUT2D eigenvalue weighted by molar-refractivity contribution is 0.0984. The highest BCUT2D eigenvalue weighted by Gasteiger charge is 2.17. The van der Waals surface area contributed by atoms with Crippen LogP contribution in [0.4, 0.5) is 13.2 Å². The first kappa shape index (κ1) is 13.3. The van der Waals surface area contributed by atoms with Crippen molar-refractivity contribution in [3.05, 3.63) is 70.5 Å². The first-order chi connectivity index (χ1) is 8.99. The number of hydrogen-bond acceptors (Lipinski definition) is 1. The van der Waals surface area contributed by atoms with Crippen LogP contribution in [0, 0.1) is 24.4 Å². The van der Waals surface area contributed by atoms with Crippen LogP contribution in [-0.4, -0.2) is 5.78 Å². The third-order valence-electron chi connectivity index (χ3n) is 2.90. The summed E-state index contributed by atoms with van der Waals surface area (Å²) >= 11 is 0. The monoisotopic (exact) mass is 264 g/mol. The smallest absolute Gasteiger partial charge is 0.173 e. The molecule has 0 bridgehead atoms. The van der Waals surface area contributed by atoms with E-state index in [2.05, 4.69) is 0 Å². The molecule has 0 fully saturated rings. The molecule has 19 heavy (non-hydrogen) atoms. The normalized spacial score (nSPS) is 10.5. The molecule has 0 saturated heterocycles. The minimum atomic E-state index is -0.884. The molecule has 0 aliphatic rings. The van der Waals surface area contributed by atoms with Crippen molar-refractivity contribution in [3.8, 4) is 0 Å². The molecule has 1 nitrogen and oxygen atoms in total. The Morgan fingerprint density at radius 1 is 1.05 bits per heavy atom. The molecular formula is C15H11F3O. The van der Waals surface area contributed by atoms with E-state index >= 15 is 0 Å². The Hall–Kier alpha value is -2.10. The molecule has 0 aliphatic carbocycles. The van der Waals surface area contributed by atoms with Crippen LogP contribution in [0.1, 0.15) is 21.5 Å². The summed E-state index contributed by atoms with van der Waals surface area (Å²) in [5.41, 5.74) is 0.574. The minimum Gasteiger partial charge on any atom is -0.294 e. The molecule has 0 spiro atoms. The fourth-order valence-electron chi connectivity index (χ4n) is 1.88. The van der Waals surface area contributed by atoms with Gasteiger partial charge in [-0.2, -0.15) is 0 Å². The van der Waals surface area contributed by atoms with Gasteiger partial charge in [-0.05, 0) is 42.3 Å². The number of aryl methyl sites for hydroxylation is 1. The fraction of sp³-hybridized carbons (Fsp3) is 0.133. The summed E-state index contributed by atoms with van der Waals surface area (Å²) in [6.45, 7) is 1.64. The summed E-state index contributed by atoms with van der Waals surface area (Å²) < 4.78 is 39.8. The van der Waals surface area contributed by atoms with Crippen molar-refractivity contribution < 1.29 is 18.0 Å². The second kappa shape index (κ2) is 5.26. The van der Waals surface area contributed by atoms with Crippen molar-refractivity contribution >= 4 is 5.78 Å². The van der Waals surface area contributed by atoms with E-state index in [-0.39, 0.29) is 6.42 Å². The van der Waals surface area contributed by atoms with Crippen LogP contribution in [0.15, 0.2) is 36.4 Å². The molecule has 0 N–H and O–H groups in total. The van der Waals surface area contributed by atoms with Crippen molar-refractivity contribution in [2.45, 2.75) is 13.3 Å². The van der Waals surface area contributed by atoms with Gasteiger partial charge in [0.15, 0.2) is 5.78 Å². The van der Waals surface area contributed by atoms with E-state index in [9.17, 15) is 18.0 Å². The average molecular weight is 264 g/mol. The second-order valence-corrected chi connectivity index (χ2v) is 4.27. The molecule has 0 radical (unpaired) electrons. The minimum absolute atomic E-state index is 0.163. The van der Waals surface area contributed by atoms with Crippen LogP contribution in [-0.2, 0) is 6.42 Å². The van der Waals surface area contributed by atoms with Gasteiger partial charge in [-0.25, -0.2) is 13.2 Å². The largest absolute Gasteiger partial charge is 0.294 e. The lowest BCUT2D eigenvalue weighted by Gasteiger charge is -2.07. The first-order valence-electron chi connectivity index (χ1n) is 5.71. The molecule has 0 aliphatic heterocycles. The standard InChI is InChI=1S/C15H11F3O/c1-9-7-11(16)6-5-10(9)8-14(19)15-12(17)3-2-4-13(15)18/h2-7H,8H2,1H3. The number of rotatable bonds is 3. The number of carbonyl (C=O) groups excluding carboxylic acids is 1. The molecule has 2 aromatic carbocycles. The zero-order chi connectivity index (χ0) is 14.0. The third kappa shape index (κ3) is 2.84. The van der Waals surface area contributed by atoms with Gasteiger partial charge in [0.05, 0.1) is 5.56 Å². The van der Waals surface area contributed by atoms with E-state index in [4.69, 9.17) is 0 Å². The lowest BCUT2D eigenvalue weighted by atomic mass is 9.99. The topological polar surface area (TPSA) is 17.1 Å². The highest BCUT2D eigenvalue weighted by molar-refractivity contribution is 5.98. The van der Waals surface area contributed by atoms with Crippen molar-refractivity contribution in [1.82, 2.24) is 0 Å². The van der Waals surface area contributed by atoms with Gasteiger partial charge in [0.25, 0.3) is 0 Å². The summed E-state index contributed by atoms with van der Waals surface area (Å²) in [6, 6.07) is 7.21. The molecule has 0 amide bonds. The number of benzene rings is 2. The van der Waals surface area contributed by atoms with E-state index in [0.717, 1.165) is 12.1 Å².